The summed E-state index contributed by atoms with van der Waals surface area (Å²) < 4.78 is 7.68. The smallest absolute Gasteiger partial charge is 0.0949 e. The van der Waals surface area contributed by atoms with Crippen molar-refractivity contribution < 1.29 is 4.74 Å². The molecule has 128 valence electrons. The number of nitrogens with zero attached hydrogens (tertiary/aromatic N) is 5. The van der Waals surface area contributed by atoms with Crippen LogP contribution < -0.4 is 0 Å². The summed E-state index contributed by atoms with van der Waals surface area (Å²) in [7, 11) is 2.10. The lowest BCUT2D eigenvalue weighted by atomic mass is 10.0. The Kier molecular flexibility index (Phi) is 4.60. The first-order valence-corrected chi connectivity index (χ1v) is 8.75. The zero-order valence-corrected chi connectivity index (χ0v) is 14.3. The monoisotopic (exact) mass is 327 g/mol. The van der Waals surface area contributed by atoms with Gasteiger partial charge in [-0.15, -0.1) is 0 Å². The molecule has 0 aliphatic carbocycles. The minimum Gasteiger partial charge on any atom is -0.379 e. The van der Waals surface area contributed by atoms with Gasteiger partial charge in [-0.05, 0) is 12.1 Å². The van der Waals surface area contributed by atoms with E-state index in [1.165, 1.54) is 11.4 Å². The molecule has 0 bridgehead atoms. The molecule has 0 N–H and O–H groups in total. The third-order valence-corrected chi connectivity index (χ3v) is 5.11. The Hall–Kier alpha value is -1.76. The van der Waals surface area contributed by atoms with Gasteiger partial charge in [0, 0.05) is 58.1 Å². The highest BCUT2D eigenvalue weighted by Gasteiger charge is 2.32. The minimum absolute atomic E-state index is 0.329. The molecule has 6 heteroatoms. The maximum absolute atomic E-state index is 5.50. The van der Waals surface area contributed by atoms with Gasteiger partial charge < -0.3 is 9.30 Å². The van der Waals surface area contributed by atoms with Crippen LogP contribution in [0.1, 0.15) is 23.1 Å². The van der Waals surface area contributed by atoms with E-state index in [1.807, 2.05) is 18.6 Å². The van der Waals surface area contributed by atoms with Crippen LogP contribution in [-0.4, -0.2) is 63.7 Å². The average molecular weight is 327 g/mol. The summed E-state index contributed by atoms with van der Waals surface area (Å²) in [4.78, 5) is 14.3. The molecule has 0 radical (unpaired) electrons. The maximum atomic E-state index is 5.50. The fourth-order valence-corrected chi connectivity index (χ4v) is 3.75. The van der Waals surface area contributed by atoms with Crippen molar-refractivity contribution in [2.24, 2.45) is 7.05 Å². The van der Waals surface area contributed by atoms with Crippen LogP contribution in [0.3, 0.4) is 0 Å². The molecule has 2 aromatic heterocycles. The number of ether oxygens (including phenoxy) is 1. The van der Waals surface area contributed by atoms with Crippen molar-refractivity contribution in [1.82, 2.24) is 24.3 Å². The van der Waals surface area contributed by atoms with E-state index in [0.717, 1.165) is 58.1 Å². The summed E-state index contributed by atoms with van der Waals surface area (Å²) in [6, 6.07) is 6.48. The predicted molar refractivity (Wildman–Crippen MR) is 91.6 cm³/mol. The summed E-state index contributed by atoms with van der Waals surface area (Å²) in [5, 5.41) is 0. The highest BCUT2D eigenvalue weighted by Crippen LogP contribution is 2.30. The van der Waals surface area contributed by atoms with Crippen LogP contribution in [0.2, 0.25) is 0 Å². The maximum Gasteiger partial charge on any atom is 0.0949 e. The first-order valence-electron chi connectivity index (χ1n) is 8.75. The molecule has 0 spiro atoms. The van der Waals surface area contributed by atoms with Gasteiger partial charge in [-0.25, -0.2) is 4.98 Å². The fraction of sp³-hybridized carbons (Fsp3) is 0.556. The topological polar surface area (TPSA) is 46.4 Å². The summed E-state index contributed by atoms with van der Waals surface area (Å²) in [6.45, 7) is 6.64. The number of hydrogen-bond donors (Lipinski definition) is 0. The first-order chi connectivity index (χ1) is 11.8. The van der Waals surface area contributed by atoms with Crippen LogP contribution in [-0.2, 0) is 24.8 Å². The summed E-state index contributed by atoms with van der Waals surface area (Å²) in [5.41, 5.74) is 3.75. The van der Waals surface area contributed by atoms with E-state index in [9.17, 15) is 0 Å². The number of aromatic nitrogens is 3. The molecule has 1 saturated heterocycles. The Morgan fingerprint density at radius 3 is 2.83 bits per heavy atom. The van der Waals surface area contributed by atoms with Gasteiger partial charge in [-0.2, -0.15) is 0 Å². The highest BCUT2D eigenvalue weighted by molar-refractivity contribution is 5.22. The lowest BCUT2D eigenvalue weighted by Crippen LogP contribution is -2.45. The van der Waals surface area contributed by atoms with Crippen molar-refractivity contribution in [3.05, 3.63) is 47.8 Å². The van der Waals surface area contributed by atoms with Crippen molar-refractivity contribution in [3.8, 4) is 0 Å². The molecule has 6 nitrogen and oxygen atoms in total. The molecule has 1 atom stereocenters. The number of fused-ring (bicyclic) bond motifs is 1. The lowest BCUT2D eigenvalue weighted by molar-refractivity contribution is 0.0186. The predicted octanol–water partition coefficient (Wildman–Crippen LogP) is 1.25. The molecular weight excluding hydrogens is 302 g/mol. The van der Waals surface area contributed by atoms with E-state index in [0.29, 0.717) is 6.04 Å². The van der Waals surface area contributed by atoms with Crippen molar-refractivity contribution in [2.45, 2.75) is 19.0 Å². The van der Waals surface area contributed by atoms with Gasteiger partial charge in [0.25, 0.3) is 0 Å². The molecule has 4 rings (SSSR count). The fourth-order valence-electron chi connectivity index (χ4n) is 3.75. The normalized spacial score (nSPS) is 22.5. The molecular formula is C18H25N5O. The summed E-state index contributed by atoms with van der Waals surface area (Å²) >= 11 is 0. The highest BCUT2D eigenvalue weighted by atomic mass is 16.5. The van der Waals surface area contributed by atoms with E-state index >= 15 is 0 Å². The number of aryl methyl sites for hydroxylation is 1. The number of rotatable bonds is 4. The van der Waals surface area contributed by atoms with Gasteiger partial charge in [0.2, 0.25) is 0 Å². The van der Waals surface area contributed by atoms with Crippen molar-refractivity contribution in [3.63, 3.8) is 0 Å². The molecule has 1 fully saturated rings. The number of pyridine rings is 1. The second-order valence-corrected chi connectivity index (χ2v) is 6.66. The van der Waals surface area contributed by atoms with E-state index in [4.69, 9.17) is 9.72 Å². The zero-order chi connectivity index (χ0) is 16.4. The van der Waals surface area contributed by atoms with Crippen molar-refractivity contribution in [1.29, 1.82) is 0 Å². The first kappa shape index (κ1) is 15.7. The Morgan fingerprint density at radius 2 is 2.04 bits per heavy atom. The molecule has 0 unspecified atom stereocenters. The zero-order valence-electron chi connectivity index (χ0n) is 14.3. The van der Waals surface area contributed by atoms with E-state index in [-0.39, 0.29) is 0 Å². The Balaban J connectivity index is 1.57. The van der Waals surface area contributed by atoms with Crippen LogP contribution in [0.15, 0.2) is 30.7 Å². The van der Waals surface area contributed by atoms with Gasteiger partial charge in [-0.3, -0.25) is 14.8 Å². The molecule has 4 heterocycles. The van der Waals surface area contributed by atoms with Crippen molar-refractivity contribution >= 4 is 0 Å². The van der Waals surface area contributed by atoms with E-state index in [1.54, 1.807) is 0 Å². The van der Waals surface area contributed by atoms with Crippen LogP contribution in [0.4, 0.5) is 0 Å². The Morgan fingerprint density at radius 1 is 1.17 bits per heavy atom. The van der Waals surface area contributed by atoms with Gasteiger partial charge in [-0.1, -0.05) is 6.07 Å². The largest absolute Gasteiger partial charge is 0.379 e. The number of imidazole rings is 1. The van der Waals surface area contributed by atoms with Crippen LogP contribution in [0.5, 0.6) is 0 Å². The summed E-state index contributed by atoms with van der Waals surface area (Å²) in [6.07, 6.45) is 4.89. The second-order valence-electron chi connectivity index (χ2n) is 6.66. The minimum atomic E-state index is 0.329. The molecule has 0 amide bonds. The third-order valence-electron chi connectivity index (χ3n) is 5.11. The summed E-state index contributed by atoms with van der Waals surface area (Å²) in [5.74, 6) is 0. The van der Waals surface area contributed by atoms with E-state index < -0.39 is 0 Å². The van der Waals surface area contributed by atoms with Crippen LogP contribution >= 0.6 is 0 Å². The van der Waals surface area contributed by atoms with E-state index in [2.05, 4.69) is 38.5 Å². The van der Waals surface area contributed by atoms with Gasteiger partial charge in [0.05, 0.1) is 37.0 Å². The number of hydrogen-bond acceptors (Lipinski definition) is 5. The van der Waals surface area contributed by atoms with Gasteiger partial charge in [0.1, 0.15) is 0 Å². The molecule has 2 aliphatic rings. The molecule has 24 heavy (non-hydrogen) atoms. The SMILES string of the molecule is Cn1cnc2c1CCN(Cc1ccccn1)[C@@H]2CN1CCOCC1. The Labute approximate surface area is 143 Å². The van der Waals surface area contributed by atoms with Gasteiger partial charge in [0.15, 0.2) is 0 Å². The van der Waals surface area contributed by atoms with Crippen molar-refractivity contribution in [2.75, 3.05) is 39.4 Å². The van der Waals surface area contributed by atoms with Crippen LogP contribution in [0, 0.1) is 0 Å². The lowest BCUT2D eigenvalue weighted by Gasteiger charge is -2.39. The average Bonchev–Trinajstić information content (AvgIpc) is 3.00. The van der Waals surface area contributed by atoms with Crippen LogP contribution in [0.25, 0.3) is 0 Å². The quantitative estimate of drug-likeness (QED) is 0.846. The Bertz CT molecular complexity index is 665. The second kappa shape index (κ2) is 7.01. The molecule has 2 aliphatic heterocycles. The molecule has 0 aromatic carbocycles. The van der Waals surface area contributed by atoms with Gasteiger partial charge >= 0.3 is 0 Å². The third kappa shape index (κ3) is 3.22. The number of morpholine rings is 1. The molecule has 0 saturated carbocycles. The molecule has 2 aromatic rings. The standard InChI is InChI=1S/C18H25N5O/c1-21-14-20-18-16(21)5-7-23(12-15-4-2-3-6-19-15)17(18)13-22-8-10-24-11-9-22/h2-4,6,14,17H,5,7-13H2,1H3/t17-/m1/s1.